The lowest BCUT2D eigenvalue weighted by molar-refractivity contribution is 0.306. The fourth-order valence-electron chi connectivity index (χ4n) is 4.16. The summed E-state index contributed by atoms with van der Waals surface area (Å²) < 4.78 is 17.5. The molecule has 4 aromatic heterocycles. The topological polar surface area (TPSA) is 105 Å². The Morgan fingerprint density at radius 2 is 1.07 bits per heavy atom. The van der Waals surface area contributed by atoms with E-state index in [4.69, 9.17) is 14.2 Å². The van der Waals surface area contributed by atoms with Crippen LogP contribution in [0.3, 0.4) is 0 Å². The number of H-pyrrole nitrogens is 2. The summed E-state index contributed by atoms with van der Waals surface area (Å²) in [5, 5.41) is 11.1. The van der Waals surface area contributed by atoms with Gasteiger partial charge in [0.05, 0.1) is 10.8 Å². The predicted molar refractivity (Wildman–Crippen MR) is 158 cm³/mol. The van der Waals surface area contributed by atoms with E-state index in [9.17, 15) is 5.11 Å². The molecule has 0 saturated carbocycles. The molecule has 0 atom stereocenters. The molecule has 7 rings (SSSR count). The molecule has 8 heteroatoms. The van der Waals surface area contributed by atoms with Gasteiger partial charge in [0.25, 0.3) is 0 Å². The number of aromatic nitrogens is 4. The van der Waals surface area contributed by atoms with Gasteiger partial charge in [0.1, 0.15) is 52.4 Å². The zero-order valence-electron chi connectivity index (χ0n) is 21.9. The second kappa shape index (κ2) is 12.0. The molecule has 0 amide bonds. The molecule has 0 fully saturated rings. The van der Waals surface area contributed by atoms with E-state index in [1.165, 1.54) is 0 Å². The molecule has 0 aliphatic heterocycles. The van der Waals surface area contributed by atoms with Gasteiger partial charge in [-0.1, -0.05) is 30.3 Å². The Morgan fingerprint density at radius 3 is 1.63 bits per heavy atom. The van der Waals surface area contributed by atoms with E-state index < -0.39 is 0 Å². The third-order valence-corrected chi connectivity index (χ3v) is 6.20. The van der Waals surface area contributed by atoms with Crippen molar-refractivity contribution in [2.75, 3.05) is 0 Å². The molecule has 0 saturated heterocycles. The van der Waals surface area contributed by atoms with Crippen molar-refractivity contribution in [1.82, 2.24) is 19.9 Å². The van der Waals surface area contributed by atoms with Crippen molar-refractivity contribution < 1.29 is 19.3 Å². The normalized spacial score (nSPS) is 10.6. The maximum absolute atomic E-state index is 9.19. The van der Waals surface area contributed by atoms with Crippen LogP contribution >= 0.6 is 0 Å². The van der Waals surface area contributed by atoms with Gasteiger partial charge >= 0.3 is 0 Å². The Bertz CT molecular complexity index is 1850. The van der Waals surface area contributed by atoms with Crippen molar-refractivity contribution in [3.05, 3.63) is 133 Å². The van der Waals surface area contributed by atoms with Crippen LogP contribution in [0.1, 0.15) is 5.56 Å². The SMILES string of the molecule is Oc1ccc(Oc2ccnc3[nH]ccc23)cc1.c1ccc(COc2ccc(Oc3ccnc4[nH]ccc34)cc2)cc1. The van der Waals surface area contributed by atoms with Gasteiger partial charge < -0.3 is 29.3 Å². The number of phenols is 1. The highest BCUT2D eigenvalue weighted by molar-refractivity contribution is 5.83. The van der Waals surface area contributed by atoms with Crippen molar-refractivity contribution in [3.63, 3.8) is 0 Å². The van der Waals surface area contributed by atoms with Crippen LogP contribution < -0.4 is 14.2 Å². The number of aromatic amines is 2. The highest BCUT2D eigenvalue weighted by atomic mass is 16.5. The molecule has 0 spiro atoms. The van der Waals surface area contributed by atoms with Gasteiger partial charge in [-0.2, -0.15) is 0 Å². The molecule has 41 heavy (non-hydrogen) atoms. The number of pyridine rings is 2. The zero-order valence-corrected chi connectivity index (χ0v) is 21.9. The molecule has 4 heterocycles. The lowest BCUT2D eigenvalue weighted by atomic mass is 10.2. The quantitative estimate of drug-likeness (QED) is 0.188. The molecule has 0 aliphatic carbocycles. The van der Waals surface area contributed by atoms with Crippen LogP contribution in [0.4, 0.5) is 0 Å². The van der Waals surface area contributed by atoms with Crippen LogP contribution in [0.25, 0.3) is 22.1 Å². The molecule has 3 N–H and O–H groups in total. The minimum Gasteiger partial charge on any atom is -0.508 e. The summed E-state index contributed by atoms with van der Waals surface area (Å²) in [4.78, 5) is 14.5. The highest BCUT2D eigenvalue weighted by Crippen LogP contribution is 2.30. The second-order valence-corrected chi connectivity index (χ2v) is 9.04. The lowest BCUT2D eigenvalue weighted by Crippen LogP contribution is -1.94. The van der Waals surface area contributed by atoms with Crippen molar-refractivity contribution in [2.24, 2.45) is 0 Å². The number of hydrogen-bond donors (Lipinski definition) is 3. The number of rotatable bonds is 7. The molecule has 8 nitrogen and oxygen atoms in total. The maximum atomic E-state index is 9.19. The second-order valence-electron chi connectivity index (χ2n) is 9.04. The van der Waals surface area contributed by atoms with Gasteiger partial charge in [-0.15, -0.1) is 0 Å². The summed E-state index contributed by atoms with van der Waals surface area (Å²) in [5.41, 5.74) is 2.75. The summed E-state index contributed by atoms with van der Waals surface area (Å²) in [6, 6.07) is 31.9. The number of nitrogens with zero attached hydrogens (tertiary/aromatic N) is 2. The van der Waals surface area contributed by atoms with Gasteiger partial charge in [-0.05, 0) is 78.4 Å². The first-order chi connectivity index (χ1) is 20.2. The lowest BCUT2D eigenvalue weighted by Gasteiger charge is -2.09. The average molecular weight is 543 g/mol. The Labute approximate surface area is 235 Å². The fraction of sp³-hybridized carbons (Fsp3) is 0.0303. The van der Waals surface area contributed by atoms with Gasteiger partial charge in [-0.3, -0.25) is 0 Å². The fourth-order valence-corrected chi connectivity index (χ4v) is 4.16. The van der Waals surface area contributed by atoms with Gasteiger partial charge in [0.15, 0.2) is 0 Å². The van der Waals surface area contributed by atoms with Crippen molar-refractivity contribution >= 4 is 22.1 Å². The van der Waals surface area contributed by atoms with E-state index >= 15 is 0 Å². The van der Waals surface area contributed by atoms with E-state index in [1.807, 2.05) is 91.3 Å². The van der Waals surface area contributed by atoms with Crippen LogP contribution in [0.15, 0.2) is 128 Å². The van der Waals surface area contributed by atoms with E-state index in [1.54, 1.807) is 36.7 Å². The van der Waals surface area contributed by atoms with Gasteiger partial charge in [-0.25, -0.2) is 9.97 Å². The summed E-state index contributed by atoms with van der Waals surface area (Å²) in [6.07, 6.45) is 7.09. The standard InChI is InChI=1S/C20H16N2O2.C13H10N2O2/c1-2-4-15(5-3-1)14-23-16-6-8-17(9-7-16)24-19-11-13-22-20-18(19)10-12-21-20;16-9-1-3-10(4-2-9)17-12-6-8-15-13-11(12)5-7-14-13/h1-13H,14H2,(H,21,22);1-8,16H,(H,14,15). The summed E-state index contributed by atoms with van der Waals surface area (Å²) in [7, 11) is 0. The molecule has 0 unspecified atom stereocenters. The first-order valence-electron chi connectivity index (χ1n) is 13.0. The molecule has 7 aromatic rings. The summed E-state index contributed by atoms with van der Waals surface area (Å²) >= 11 is 0. The predicted octanol–water partition coefficient (Wildman–Crippen LogP) is 8.00. The Balaban J connectivity index is 0.000000156. The monoisotopic (exact) mass is 542 g/mol. The van der Waals surface area contributed by atoms with E-state index in [-0.39, 0.29) is 5.75 Å². The first-order valence-corrected chi connectivity index (χ1v) is 13.0. The van der Waals surface area contributed by atoms with Gasteiger partial charge in [0.2, 0.25) is 0 Å². The van der Waals surface area contributed by atoms with Crippen LogP contribution in [0.2, 0.25) is 0 Å². The summed E-state index contributed by atoms with van der Waals surface area (Å²) in [6.45, 7) is 0.551. The van der Waals surface area contributed by atoms with Crippen LogP contribution in [-0.2, 0) is 6.61 Å². The number of benzene rings is 3. The third-order valence-electron chi connectivity index (χ3n) is 6.20. The molecule has 0 bridgehead atoms. The zero-order chi connectivity index (χ0) is 27.9. The largest absolute Gasteiger partial charge is 0.508 e. The third kappa shape index (κ3) is 6.29. The molecular formula is C33H26N4O4. The average Bonchev–Trinajstić information content (AvgIpc) is 3.70. The molecule has 0 aliphatic rings. The molecule has 202 valence electrons. The van der Waals surface area contributed by atoms with Crippen molar-refractivity contribution in [3.8, 4) is 34.5 Å². The first kappa shape index (κ1) is 25.5. The molecule has 3 aromatic carbocycles. The minimum atomic E-state index is 0.221. The molecular weight excluding hydrogens is 516 g/mol. The van der Waals surface area contributed by atoms with Crippen molar-refractivity contribution in [2.45, 2.75) is 6.61 Å². The van der Waals surface area contributed by atoms with E-state index in [0.29, 0.717) is 12.4 Å². The Kier molecular flexibility index (Phi) is 7.44. The van der Waals surface area contributed by atoms with E-state index in [0.717, 1.165) is 50.6 Å². The number of nitrogens with one attached hydrogen (secondary N) is 2. The molecule has 0 radical (unpaired) electrons. The summed E-state index contributed by atoms with van der Waals surface area (Å²) in [5.74, 6) is 3.99. The van der Waals surface area contributed by atoms with E-state index in [2.05, 4.69) is 19.9 Å². The van der Waals surface area contributed by atoms with Gasteiger partial charge in [0, 0.05) is 24.8 Å². The number of aromatic hydroxyl groups is 1. The number of phenolic OH excluding ortho intramolecular Hbond substituents is 1. The van der Waals surface area contributed by atoms with Crippen LogP contribution in [0, 0.1) is 0 Å². The number of hydrogen-bond acceptors (Lipinski definition) is 6. The number of ether oxygens (including phenoxy) is 3. The van der Waals surface area contributed by atoms with Crippen LogP contribution in [0.5, 0.6) is 34.5 Å². The number of fused-ring (bicyclic) bond motifs is 2. The highest BCUT2D eigenvalue weighted by Gasteiger charge is 2.06. The minimum absolute atomic E-state index is 0.221. The smallest absolute Gasteiger partial charge is 0.140 e. The Hall–Kier alpha value is -5.76. The maximum Gasteiger partial charge on any atom is 0.140 e. The van der Waals surface area contributed by atoms with Crippen molar-refractivity contribution in [1.29, 1.82) is 0 Å². The Morgan fingerprint density at radius 1 is 0.561 bits per heavy atom. The van der Waals surface area contributed by atoms with Crippen LogP contribution in [-0.4, -0.2) is 25.0 Å².